The largest absolute Gasteiger partial charge is 0.508 e. The van der Waals surface area contributed by atoms with Crippen LogP contribution < -0.4 is 34.3 Å². The van der Waals surface area contributed by atoms with Gasteiger partial charge in [-0.05, 0) is 78.2 Å². The number of aliphatic hydroxyl groups is 3. The Hall–Kier alpha value is -5.09. The monoisotopic (exact) mass is 756 g/mol. The third-order valence-corrected chi connectivity index (χ3v) is 11.1. The van der Waals surface area contributed by atoms with E-state index in [2.05, 4.69) is 28.8 Å². The summed E-state index contributed by atoms with van der Waals surface area (Å²) in [4.78, 5) is 12.5. The number of phenols is 1. The molecule has 4 aliphatic heterocycles. The number of carbonyl (C=O) groups is 1. The first-order chi connectivity index (χ1) is 26.5. The van der Waals surface area contributed by atoms with Gasteiger partial charge in [0.15, 0.2) is 11.5 Å². The number of carboxylic acid groups (broad SMARTS) is 1. The lowest BCUT2D eigenvalue weighted by Gasteiger charge is -2.46. The van der Waals surface area contributed by atoms with Gasteiger partial charge in [-0.1, -0.05) is 30.3 Å². The van der Waals surface area contributed by atoms with Crippen LogP contribution in [0.15, 0.2) is 60.7 Å². The van der Waals surface area contributed by atoms with E-state index in [0.29, 0.717) is 59.1 Å². The number of ether oxygens (including phenoxy) is 6. The molecule has 14 nitrogen and oxygen atoms in total. The van der Waals surface area contributed by atoms with Crippen molar-refractivity contribution in [3.63, 3.8) is 0 Å². The predicted molar refractivity (Wildman–Crippen MR) is 197 cm³/mol. The smallest absolute Gasteiger partial charge is 0.340 e. The Morgan fingerprint density at radius 3 is 2.44 bits per heavy atom. The lowest BCUT2D eigenvalue weighted by Crippen LogP contribution is -2.71. The average Bonchev–Trinajstić information content (AvgIpc) is 3.57. The molecule has 1 fully saturated rings. The van der Waals surface area contributed by atoms with Crippen LogP contribution >= 0.6 is 0 Å². The zero-order valence-electron chi connectivity index (χ0n) is 30.7. The number of aliphatic carboxylic acids is 1. The molecule has 7 N–H and O–H groups in total. The zero-order chi connectivity index (χ0) is 38.8. The van der Waals surface area contributed by atoms with Gasteiger partial charge < -0.3 is 64.6 Å². The van der Waals surface area contributed by atoms with Crippen LogP contribution in [-0.2, 0) is 28.9 Å². The van der Waals surface area contributed by atoms with Gasteiger partial charge in [-0.25, -0.2) is 4.79 Å². The van der Waals surface area contributed by atoms with E-state index >= 15 is 0 Å². The number of phenolic OH excluding ortho intramolecular Hbond substituents is 1. The van der Waals surface area contributed by atoms with Crippen molar-refractivity contribution in [1.29, 1.82) is 0 Å². The summed E-state index contributed by atoms with van der Waals surface area (Å²) < 4.78 is 37.8. The van der Waals surface area contributed by atoms with E-state index in [1.165, 1.54) is 7.05 Å². The van der Waals surface area contributed by atoms with Crippen LogP contribution in [0.5, 0.6) is 34.5 Å². The first kappa shape index (κ1) is 36.9. The lowest BCUT2D eigenvalue weighted by atomic mass is 9.77. The van der Waals surface area contributed by atoms with E-state index in [9.17, 15) is 30.3 Å². The molecule has 0 aromatic heterocycles. The van der Waals surface area contributed by atoms with Crippen LogP contribution in [0.2, 0.25) is 0 Å². The third-order valence-electron chi connectivity index (χ3n) is 11.1. The Balaban J connectivity index is 1.35. The molecule has 55 heavy (non-hydrogen) atoms. The highest BCUT2D eigenvalue weighted by molar-refractivity contribution is 5.80. The predicted octanol–water partition coefficient (Wildman–Crippen LogP) is 2.78. The number of aromatic hydroxyl groups is 1. The first-order valence-electron chi connectivity index (χ1n) is 18.1. The van der Waals surface area contributed by atoms with Crippen LogP contribution in [-0.4, -0.2) is 103 Å². The minimum absolute atomic E-state index is 0.0191. The molecule has 0 amide bonds. The maximum Gasteiger partial charge on any atom is 0.340 e. The summed E-state index contributed by atoms with van der Waals surface area (Å²) in [5.41, 5.74) is 4.42. The van der Waals surface area contributed by atoms with Crippen molar-refractivity contribution in [1.82, 2.24) is 10.6 Å². The summed E-state index contributed by atoms with van der Waals surface area (Å²) >= 11 is 0. The number of hydrogen-bond acceptors (Lipinski definition) is 13. The fourth-order valence-corrected chi connectivity index (χ4v) is 8.65. The number of benzene rings is 4. The molecule has 8 atom stereocenters. The number of carboxylic acids is 1. The van der Waals surface area contributed by atoms with Gasteiger partial charge in [0.1, 0.15) is 47.8 Å². The van der Waals surface area contributed by atoms with Crippen molar-refractivity contribution in [2.75, 3.05) is 34.9 Å². The van der Waals surface area contributed by atoms with Crippen molar-refractivity contribution >= 4 is 5.97 Å². The van der Waals surface area contributed by atoms with E-state index in [1.807, 2.05) is 25.2 Å². The standard InChI is InChI=1S/C41H44N2O12/c1-42-17-22-13-29(50-3)35(51-4)37-30(22)32-27-12-20-7-5-6-19(10-20)11-21-8-9-23(44)14-25(21)26-15-24(16-28(53-27)31(26)36(32)54-37)52-39-34(46)33(45)38(47)41(55-39,18-43-2)40(48)49/h5-10,13-16,27,32-34,36,38-39,42-47H,11-12,17-18H2,1-4H3,(H,48,49)/t27-,32-,33-,34-,36+,38+,39+,41+/m1/s1. The van der Waals surface area contributed by atoms with E-state index in [4.69, 9.17) is 28.4 Å². The fraction of sp³-hybridized carbons (Fsp3) is 0.390. The van der Waals surface area contributed by atoms with Crippen molar-refractivity contribution in [2.45, 2.75) is 67.7 Å². The van der Waals surface area contributed by atoms with Crippen LogP contribution in [0.3, 0.4) is 0 Å². The quantitative estimate of drug-likeness (QED) is 0.132. The van der Waals surface area contributed by atoms with E-state index in [0.717, 1.165) is 27.8 Å². The number of rotatable bonds is 9. The van der Waals surface area contributed by atoms with Gasteiger partial charge in [0.05, 0.1) is 20.1 Å². The maximum atomic E-state index is 12.5. The van der Waals surface area contributed by atoms with Crippen molar-refractivity contribution in [3.8, 4) is 45.6 Å². The molecule has 290 valence electrons. The van der Waals surface area contributed by atoms with E-state index in [-0.39, 0.29) is 17.4 Å². The first-order valence-corrected chi connectivity index (χ1v) is 18.1. The summed E-state index contributed by atoms with van der Waals surface area (Å²) in [5.74, 6) is 0.135. The lowest BCUT2D eigenvalue weighted by molar-refractivity contribution is -0.305. The summed E-state index contributed by atoms with van der Waals surface area (Å²) in [6.07, 6.45) is -7.51. The normalized spacial score (nSPS) is 27.3. The van der Waals surface area contributed by atoms with Crippen molar-refractivity contribution < 1.29 is 58.7 Å². The van der Waals surface area contributed by atoms with Crippen LogP contribution in [0.1, 0.15) is 45.4 Å². The second-order valence-electron chi connectivity index (χ2n) is 14.4. The molecular formula is C41H44N2O12. The summed E-state index contributed by atoms with van der Waals surface area (Å²) in [6, 6.07) is 18.7. The molecule has 4 aromatic carbocycles. The summed E-state index contributed by atoms with van der Waals surface area (Å²) in [5, 5.41) is 59.9. The topological polar surface area (TPSA) is 198 Å². The summed E-state index contributed by atoms with van der Waals surface area (Å²) in [6.45, 7) is 0.112. The molecule has 5 aliphatic rings. The van der Waals surface area contributed by atoms with Gasteiger partial charge in [-0.2, -0.15) is 0 Å². The second kappa shape index (κ2) is 14.2. The molecular weight excluding hydrogens is 712 g/mol. The number of likely N-dealkylation sites (N-methyl/N-ethyl adjacent to an activating group) is 1. The molecule has 0 radical (unpaired) electrons. The molecule has 1 saturated heterocycles. The minimum Gasteiger partial charge on any atom is -0.508 e. The third kappa shape index (κ3) is 6.00. The molecule has 14 heteroatoms. The Morgan fingerprint density at radius 2 is 1.71 bits per heavy atom. The highest BCUT2D eigenvalue weighted by Crippen LogP contribution is 2.61. The van der Waals surface area contributed by atoms with Crippen LogP contribution in [0.4, 0.5) is 0 Å². The number of fused-ring (bicyclic) bond motifs is 1. The second-order valence-corrected chi connectivity index (χ2v) is 14.4. The molecule has 6 bridgehead atoms. The molecule has 0 saturated carbocycles. The number of nitrogens with one attached hydrogen (secondary N) is 2. The van der Waals surface area contributed by atoms with Gasteiger partial charge in [0.25, 0.3) is 0 Å². The van der Waals surface area contributed by atoms with Gasteiger partial charge in [0, 0.05) is 36.7 Å². The Kier molecular flexibility index (Phi) is 9.52. The van der Waals surface area contributed by atoms with Gasteiger partial charge in [-0.15, -0.1) is 0 Å². The molecule has 0 unspecified atom stereocenters. The molecule has 0 spiro atoms. The van der Waals surface area contributed by atoms with E-state index in [1.54, 1.807) is 38.5 Å². The van der Waals surface area contributed by atoms with Gasteiger partial charge in [0.2, 0.25) is 17.6 Å². The number of aliphatic hydroxyl groups excluding tert-OH is 3. The Morgan fingerprint density at radius 1 is 0.909 bits per heavy atom. The Bertz CT molecular complexity index is 2140. The van der Waals surface area contributed by atoms with Crippen molar-refractivity contribution in [3.05, 3.63) is 94.0 Å². The van der Waals surface area contributed by atoms with Crippen LogP contribution in [0, 0.1) is 0 Å². The van der Waals surface area contributed by atoms with Crippen molar-refractivity contribution in [2.24, 2.45) is 0 Å². The minimum atomic E-state index is -2.35. The number of hydrogen-bond donors (Lipinski definition) is 7. The van der Waals surface area contributed by atoms with Crippen LogP contribution in [0.25, 0.3) is 11.1 Å². The molecule has 4 aromatic rings. The van der Waals surface area contributed by atoms with Gasteiger partial charge in [-0.3, -0.25) is 0 Å². The molecule has 1 aliphatic carbocycles. The SMILES string of the molecule is CNCc1cc(OC)c(OC)c2c1[C@H]1[C@H]3Cc4cccc(c4)Cc4ccc(O)cc4-c4cc(O[C@H]5O[C@](CNC)(C(=O)O)[C@@H](O)[C@H](O)[C@H]5O)cc(c4[C@@H]1O2)O3. The number of methoxy groups -OCH3 is 2. The van der Waals surface area contributed by atoms with Gasteiger partial charge >= 0.3 is 5.97 Å². The fourth-order valence-electron chi connectivity index (χ4n) is 8.65. The summed E-state index contributed by atoms with van der Waals surface area (Å²) in [7, 11) is 6.49. The maximum absolute atomic E-state index is 12.5. The highest BCUT2D eigenvalue weighted by atomic mass is 16.7. The molecule has 9 rings (SSSR count). The van der Waals surface area contributed by atoms with E-state index < -0.39 is 54.9 Å². The Labute approximate surface area is 317 Å². The highest BCUT2D eigenvalue weighted by Gasteiger charge is 2.59. The zero-order valence-corrected chi connectivity index (χ0v) is 30.7. The average molecular weight is 757 g/mol. The molecule has 4 heterocycles.